The highest BCUT2D eigenvalue weighted by molar-refractivity contribution is 6.22. The molecule has 1 aromatic carbocycles. The molecule has 8 N–H and O–H groups in total. The first-order valence-electron chi connectivity index (χ1n) is 13.9. The summed E-state index contributed by atoms with van der Waals surface area (Å²) in [5, 5.41) is 51.4. The first-order valence-corrected chi connectivity index (χ1v) is 13.9. The number of rotatable bonds is 6. The van der Waals surface area contributed by atoms with Gasteiger partial charge in [0.15, 0.2) is 11.4 Å². The Hall–Kier alpha value is -4.06. The van der Waals surface area contributed by atoms with Gasteiger partial charge in [-0.2, -0.15) is 0 Å². The van der Waals surface area contributed by atoms with Gasteiger partial charge in [0.1, 0.15) is 28.9 Å². The molecule has 12 heteroatoms. The number of anilines is 2. The number of fused-ring (bicyclic) bond motifs is 3. The maximum Gasteiger partial charge on any atom is 0.255 e. The van der Waals surface area contributed by atoms with Crippen molar-refractivity contribution in [3.63, 3.8) is 0 Å². The number of aromatic hydroxyl groups is 1. The zero-order valence-corrected chi connectivity index (χ0v) is 25.0. The van der Waals surface area contributed by atoms with Crippen LogP contribution in [-0.2, 0) is 25.6 Å². The van der Waals surface area contributed by atoms with E-state index in [0.717, 1.165) is 0 Å². The van der Waals surface area contributed by atoms with Gasteiger partial charge in [-0.05, 0) is 57.1 Å². The highest BCUT2D eigenvalue weighted by atomic mass is 16.3. The molecule has 2 amide bonds. The number of carbonyl (C=O) groups excluding carboxylic acids is 4. The van der Waals surface area contributed by atoms with Gasteiger partial charge in [0.05, 0.1) is 11.3 Å². The summed E-state index contributed by atoms with van der Waals surface area (Å²) in [5.41, 5.74) is 2.29. The van der Waals surface area contributed by atoms with Crippen LogP contribution in [0.4, 0.5) is 11.4 Å². The van der Waals surface area contributed by atoms with Gasteiger partial charge in [-0.25, -0.2) is 0 Å². The van der Waals surface area contributed by atoms with Crippen molar-refractivity contribution in [1.29, 1.82) is 0 Å². The maximum atomic E-state index is 13.8. The number of aliphatic hydroxyl groups is 3. The molecule has 0 spiro atoms. The van der Waals surface area contributed by atoms with Crippen molar-refractivity contribution in [2.24, 2.45) is 23.5 Å². The molecular formula is C30H40N4O8. The number of phenolic OH excluding ortho intramolecular Hbond substituents is 1. The second kappa shape index (κ2) is 10.3. The maximum absolute atomic E-state index is 13.8. The fourth-order valence-corrected chi connectivity index (χ4v) is 6.33. The lowest BCUT2D eigenvalue weighted by molar-refractivity contribution is -0.147. The average molecular weight is 585 g/mol. The van der Waals surface area contributed by atoms with Crippen molar-refractivity contribution < 1.29 is 39.6 Å². The molecule has 1 fully saturated rings. The highest BCUT2D eigenvalue weighted by Crippen LogP contribution is 2.54. The fourth-order valence-electron chi connectivity index (χ4n) is 6.33. The van der Waals surface area contributed by atoms with E-state index in [-0.39, 0.29) is 47.9 Å². The first-order chi connectivity index (χ1) is 19.3. The monoisotopic (exact) mass is 584 g/mol. The average Bonchev–Trinajstić information content (AvgIpc) is 2.83. The van der Waals surface area contributed by atoms with E-state index >= 15 is 0 Å². The first kappa shape index (κ1) is 30.9. The van der Waals surface area contributed by atoms with Crippen LogP contribution in [-0.4, -0.2) is 75.1 Å². The van der Waals surface area contributed by atoms with Gasteiger partial charge in [-0.1, -0.05) is 13.8 Å². The van der Waals surface area contributed by atoms with E-state index in [4.69, 9.17) is 5.73 Å². The lowest BCUT2D eigenvalue weighted by Crippen LogP contribution is -2.58. The van der Waals surface area contributed by atoms with Crippen molar-refractivity contribution in [1.82, 2.24) is 5.32 Å². The molecule has 4 atom stereocenters. The molecule has 1 aromatic rings. The number of hydrogen-bond acceptors (Lipinski definition) is 10. The Morgan fingerprint density at radius 3 is 2.26 bits per heavy atom. The van der Waals surface area contributed by atoms with Crippen LogP contribution in [0, 0.1) is 17.8 Å². The quantitative estimate of drug-likeness (QED) is 0.191. The summed E-state index contributed by atoms with van der Waals surface area (Å²) in [6.45, 7) is 9.25. The topological polar surface area (TPSA) is 203 Å². The van der Waals surface area contributed by atoms with Gasteiger partial charge < -0.3 is 41.7 Å². The molecule has 0 aromatic heterocycles. The third kappa shape index (κ3) is 4.87. The SMILES string of the molecule is CC(C)C(Nc1cc(N(C)C)c2c(c1O)C(O)=C1C(=O)[C@]3(O)C(O)=C(C(N)=O)C(=O)C[C@@H]3C[C@@H]1C2)C(=O)NC(C)(C)C. The number of ketones is 2. The summed E-state index contributed by atoms with van der Waals surface area (Å²) in [6.07, 6.45) is -0.170. The number of Topliss-reactive ketones (excluding diaryl/α,β-unsaturated/α-hetero) is 2. The highest BCUT2D eigenvalue weighted by Gasteiger charge is 2.60. The van der Waals surface area contributed by atoms with Gasteiger partial charge in [0.25, 0.3) is 5.91 Å². The summed E-state index contributed by atoms with van der Waals surface area (Å²) >= 11 is 0. The van der Waals surface area contributed by atoms with Crippen LogP contribution >= 0.6 is 0 Å². The van der Waals surface area contributed by atoms with Gasteiger partial charge in [-0.15, -0.1) is 0 Å². The molecule has 228 valence electrons. The molecule has 4 rings (SSSR count). The van der Waals surface area contributed by atoms with Crippen LogP contribution in [0.1, 0.15) is 58.6 Å². The summed E-state index contributed by atoms with van der Waals surface area (Å²) in [6, 6.07) is 0.909. The Labute approximate surface area is 244 Å². The molecule has 0 bridgehead atoms. The minimum atomic E-state index is -2.64. The van der Waals surface area contributed by atoms with Gasteiger partial charge in [-0.3, -0.25) is 19.2 Å². The number of carbonyl (C=O) groups is 4. The fraction of sp³-hybridized carbons (Fsp3) is 0.533. The number of nitrogens with one attached hydrogen (secondary N) is 2. The predicted octanol–water partition coefficient (Wildman–Crippen LogP) is 1.84. The van der Waals surface area contributed by atoms with Gasteiger partial charge in [0, 0.05) is 43.2 Å². The lowest BCUT2D eigenvalue weighted by Gasteiger charge is -2.46. The Morgan fingerprint density at radius 2 is 1.74 bits per heavy atom. The third-order valence-electron chi connectivity index (χ3n) is 8.28. The van der Waals surface area contributed by atoms with E-state index in [9.17, 15) is 39.6 Å². The summed E-state index contributed by atoms with van der Waals surface area (Å²) in [4.78, 5) is 53.2. The van der Waals surface area contributed by atoms with E-state index in [0.29, 0.717) is 11.3 Å². The molecule has 12 nitrogen and oxygen atoms in total. The van der Waals surface area contributed by atoms with Crippen LogP contribution < -0.4 is 21.3 Å². The Bertz CT molecular complexity index is 1450. The largest absolute Gasteiger partial charge is 0.508 e. The van der Waals surface area contributed by atoms with E-state index in [1.54, 1.807) is 25.1 Å². The normalized spacial score (nSPS) is 24.6. The summed E-state index contributed by atoms with van der Waals surface area (Å²) in [7, 11) is 3.55. The lowest BCUT2D eigenvalue weighted by atomic mass is 9.59. The van der Waals surface area contributed by atoms with Crippen LogP contribution in [0.5, 0.6) is 5.75 Å². The smallest absolute Gasteiger partial charge is 0.255 e. The minimum Gasteiger partial charge on any atom is -0.508 e. The van der Waals surface area contributed by atoms with Gasteiger partial charge in [0.2, 0.25) is 11.7 Å². The number of nitrogens with two attached hydrogens (primary N) is 1. The summed E-state index contributed by atoms with van der Waals surface area (Å²) in [5.74, 6) is -7.40. The zero-order chi connectivity index (χ0) is 31.6. The minimum absolute atomic E-state index is 0.0406. The van der Waals surface area contributed by atoms with Crippen molar-refractivity contribution in [3.05, 3.63) is 34.1 Å². The predicted molar refractivity (Wildman–Crippen MR) is 156 cm³/mol. The van der Waals surface area contributed by atoms with Crippen LogP contribution in [0.25, 0.3) is 5.76 Å². The zero-order valence-electron chi connectivity index (χ0n) is 25.0. The molecule has 1 saturated carbocycles. The van der Waals surface area contributed by atoms with Crippen molar-refractivity contribution >= 4 is 40.5 Å². The molecule has 0 heterocycles. The molecule has 42 heavy (non-hydrogen) atoms. The molecule has 3 aliphatic rings. The van der Waals surface area contributed by atoms with E-state index in [1.807, 2.05) is 34.6 Å². The van der Waals surface area contributed by atoms with E-state index < -0.39 is 69.3 Å². The number of benzene rings is 1. The Kier molecular flexibility index (Phi) is 7.60. The van der Waals surface area contributed by atoms with E-state index in [1.165, 1.54) is 0 Å². The number of aliphatic hydroxyl groups excluding tert-OH is 2. The van der Waals surface area contributed by atoms with Crippen molar-refractivity contribution in [2.75, 3.05) is 24.3 Å². The Morgan fingerprint density at radius 1 is 1.12 bits per heavy atom. The van der Waals surface area contributed by atoms with Crippen LogP contribution in [0.2, 0.25) is 0 Å². The van der Waals surface area contributed by atoms with Crippen LogP contribution in [0.3, 0.4) is 0 Å². The van der Waals surface area contributed by atoms with E-state index in [2.05, 4.69) is 10.6 Å². The Balaban J connectivity index is 1.88. The van der Waals surface area contributed by atoms with Crippen molar-refractivity contribution in [3.8, 4) is 5.75 Å². The number of primary amides is 1. The third-order valence-corrected chi connectivity index (χ3v) is 8.28. The standard InChI is InChI=1S/C30H40N4O8/c1-12(2)22(28(41)33-29(3,4)5)32-16-11-17(34(6)7)15-9-13-8-14-10-18(35)21(27(31)40)26(39)30(14,42)25(38)19(13)24(37)20(15)23(16)36/h11-14,22,32,36-37,39,42H,8-10H2,1-7H3,(H2,31,40)(H,33,41)/t13-,14+,22?,30+/m1/s1. The molecule has 1 unspecified atom stereocenters. The number of amides is 2. The van der Waals surface area contributed by atoms with Crippen LogP contribution in [0.15, 0.2) is 23.0 Å². The molecular weight excluding hydrogens is 544 g/mol. The number of phenols is 1. The number of hydrogen-bond donors (Lipinski definition) is 7. The van der Waals surface area contributed by atoms with Crippen molar-refractivity contribution in [2.45, 2.75) is 71.1 Å². The van der Waals surface area contributed by atoms with Gasteiger partial charge >= 0.3 is 0 Å². The second-order valence-corrected chi connectivity index (χ2v) is 13.1. The molecule has 0 aliphatic heterocycles. The molecule has 3 aliphatic carbocycles. The number of nitrogens with zero attached hydrogens (tertiary/aromatic N) is 1. The second-order valence-electron chi connectivity index (χ2n) is 13.1. The molecule has 0 saturated heterocycles. The molecule has 0 radical (unpaired) electrons. The summed E-state index contributed by atoms with van der Waals surface area (Å²) < 4.78 is 0.